The Kier molecular flexibility index (Phi) is 2.96. The molecular formula is C15H17FO3. The summed E-state index contributed by atoms with van der Waals surface area (Å²) in [6, 6.07) is 2.68. The van der Waals surface area contributed by atoms with E-state index in [1.165, 1.54) is 32.8 Å². The molecule has 2 fully saturated rings. The van der Waals surface area contributed by atoms with E-state index in [-0.39, 0.29) is 17.3 Å². The highest BCUT2D eigenvalue weighted by molar-refractivity contribution is 5.99. The fourth-order valence-corrected chi connectivity index (χ4v) is 3.19. The van der Waals surface area contributed by atoms with Crippen molar-refractivity contribution in [2.45, 2.75) is 19.3 Å². The summed E-state index contributed by atoms with van der Waals surface area (Å²) < 4.78 is 24.2. The summed E-state index contributed by atoms with van der Waals surface area (Å²) in [4.78, 5) is 12.4. The number of Topliss-reactive ketones (excluding diaryl/α,β-unsaturated/α-hetero) is 1. The minimum Gasteiger partial charge on any atom is -0.493 e. The lowest BCUT2D eigenvalue weighted by Crippen LogP contribution is -2.15. The van der Waals surface area contributed by atoms with E-state index in [0.717, 1.165) is 12.8 Å². The molecule has 0 spiro atoms. The summed E-state index contributed by atoms with van der Waals surface area (Å²) in [5.74, 6) is 1.49. The monoisotopic (exact) mass is 264 g/mol. The van der Waals surface area contributed by atoms with Crippen molar-refractivity contribution in [1.29, 1.82) is 0 Å². The van der Waals surface area contributed by atoms with E-state index in [1.54, 1.807) is 0 Å². The number of rotatable bonds is 4. The molecule has 2 unspecified atom stereocenters. The standard InChI is InChI=1S/C15H17FO3/c1-18-13-6-11(12(16)7-14(13)19-2)15(17)10-4-8-3-9(8)5-10/h6-10H,3-5H2,1-2H3. The lowest BCUT2D eigenvalue weighted by molar-refractivity contribution is 0.0910. The van der Waals surface area contributed by atoms with Gasteiger partial charge in [-0.15, -0.1) is 0 Å². The Bertz CT molecular complexity index is 516. The third kappa shape index (κ3) is 2.09. The number of benzene rings is 1. The Hall–Kier alpha value is -1.58. The van der Waals surface area contributed by atoms with E-state index in [1.807, 2.05) is 0 Å². The summed E-state index contributed by atoms with van der Waals surface area (Å²) in [6.45, 7) is 0. The van der Waals surface area contributed by atoms with Gasteiger partial charge in [0.25, 0.3) is 0 Å². The van der Waals surface area contributed by atoms with Crippen molar-refractivity contribution < 1.29 is 18.7 Å². The van der Waals surface area contributed by atoms with E-state index >= 15 is 0 Å². The van der Waals surface area contributed by atoms with Gasteiger partial charge >= 0.3 is 0 Å². The highest BCUT2D eigenvalue weighted by Crippen LogP contribution is 2.55. The van der Waals surface area contributed by atoms with Crippen molar-refractivity contribution in [2.75, 3.05) is 14.2 Å². The van der Waals surface area contributed by atoms with Crippen LogP contribution in [0.25, 0.3) is 0 Å². The summed E-state index contributed by atoms with van der Waals surface area (Å²) in [6.07, 6.45) is 3.08. The Labute approximate surface area is 111 Å². The number of fused-ring (bicyclic) bond motifs is 1. The van der Waals surface area contributed by atoms with Crippen LogP contribution in [0.1, 0.15) is 29.6 Å². The highest BCUT2D eigenvalue weighted by Gasteiger charge is 2.48. The molecule has 102 valence electrons. The molecule has 2 aliphatic rings. The molecule has 0 radical (unpaired) electrons. The zero-order chi connectivity index (χ0) is 13.6. The molecule has 0 N–H and O–H groups in total. The van der Waals surface area contributed by atoms with Crippen LogP contribution in [0.3, 0.4) is 0 Å². The van der Waals surface area contributed by atoms with Crippen molar-refractivity contribution in [2.24, 2.45) is 17.8 Å². The number of methoxy groups -OCH3 is 2. The molecule has 4 heteroatoms. The number of ketones is 1. The lowest BCUT2D eigenvalue weighted by Gasteiger charge is -2.14. The van der Waals surface area contributed by atoms with Crippen LogP contribution in [-0.2, 0) is 0 Å². The van der Waals surface area contributed by atoms with Crippen LogP contribution in [0.2, 0.25) is 0 Å². The molecule has 0 aliphatic heterocycles. The first-order chi connectivity index (χ1) is 9.13. The van der Waals surface area contributed by atoms with Crippen molar-refractivity contribution >= 4 is 5.78 Å². The second-order valence-electron chi connectivity index (χ2n) is 5.48. The van der Waals surface area contributed by atoms with Crippen LogP contribution in [0.15, 0.2) is 12.1 Å². The van der Waals surface area contributed by atoms with Crippen molar-refractivity contribution in [1.82, 2.24) is 0 Å². The maximum Gasteiger partial charge on any atom is 0.169 e. The molecule has 19 heavy (non-hydrogen) atoms. The first kappa shape index (κ1) is 12.5. The molecule has 0 bridgehead atoms. The minimum absolute atomic E-state index is 0.0173. The van der Waals surface area contributed by atoms with E-state index in [2.05, 4.69) is 0 Å². The smallest absolute Gasteiger partial charge is 0.169 e. The topological polar surface area (TPSA) is 35.5 Å². The van der Waals surface area contributed by atoms with E-state index in [9.17, 15) is 9.18 Å². The fourth-order valence-electron chi connectivity index (χ4n) is 3.19. The molecule has 0 amide bonds. The SMILES string of the molecule is COc1cc(F)c(C(=O)C2CC3CC3C2)cc1OC. The first-order valence-electron chi connectivity index (χ1n) is 6.59. The molecule has 2 saturated carbocycles. The number of halogens is 1. The third-order valence-electron chi connectivity index (χ3n) is 4.35. The zero-order valence-corrected chi connectivity index (χ0v) is 11.1. The van der Waals surface area contributed by atoms with Crippen molar-refractivity contribution in [3.8, 4) is 11.5 Å². The average Bonchev–Trinajstić information content (AvgIpc) is 3.04. The van der Waals surface area contributed by atoms with Gasteiger partial charge in [0.05, 0.1) is 19.8 Å². The second-order valence-corrected chi connectivity index (χ2v) is 5.48. The van der Waals surface area contributed by atoms with E-state index < -0.39 is 5.82 Å². The molecule has 2 atom stereocenters. The average molecular weight is 264 g/mol. The Morgan fingerprint density at radius 3 is 2.26 bits per heavy atom. The van der Waals surface area contributed by atoms with Crippen LogP contribution < -0.4 is 9.47 Å². The highest BCUT2D eigenvalue weighted by atomic mass is 19.1. The molecule has 3 nitrogen and oxygen atoms in total. The quantitative estimate of drug-likeness (QED) is 0.784. The van der Waals surface area contributed by atoms with Gasteiger partial charge in [0.15, 0.2) is 17.3 Å². The normalized spacial score (nSPS) is 27.8. The van der Waals surface area contributed by atoms with Gasteiger partial charge in [0.2, 0.25) is 0 Å². The number of carbonyl (C=O) groups is 1. The zero-order valence-electron chi connectivity index (χ0n) is 11.1. The molecule has 1 aromatic carbocycles. The van der Waals surface area contributed by atoms with Gasteiger partial charge in [-0.1, -0.05) is 0 Å². The summed E-state index contributed by atoms with van der Waals surface area (Å²) in [5.41, 5.74) is 0.129. The Balaban J connectivity index is 1.88. The van der Waals surface area contributed by atoms with Crippen molar-refractivity contribution in [3.05, 3.63) is 23.5 Å². The molecule has 0 aromatic heterocycles. The summed E-state index contributed by atoms with van der Waals surface area (Å²) in [7, 11) is 2.93. The second kappa shape index (κ2) is 4.51. The van der Waals surface area contributed by atoms with Crippen LogP contribution in [0, 0.1) is 23.6 Å². The maximum atomic E-state index is 14.0. The Morgan fingerprint density at radius 1 is 1.11 bits per heavy atom. The molecule has 3 rings (SSSR count). The van der Waals surface area contributed by atoms with Crippen LogP contribution in [0.5, 0.6) is 11.5 Å². The number of hydrogen-bond acceptors (Lipinski definition) is 3. The number of hydrogen-bond donors (Lipinski definition) is 0. The molecule has 1 aromatic rings. The van der Waals surface area contributed by atoms with E-state index in [0.29, 0.717) is 23.3 Å². The molecule has 2 aliphatic carbocycles. The van der Waals surface area contributed by atoms with Crippen LogP contribution >= 0.6 is 0 Å². The predicted molar refractivity (Wildman–Crippen MR) is 68.2 cm³/mol. The minimum atomic E-state index is -0.525. The predicted octanol–water partition coefficient (Wildman–Crippen LogP) is 3.07. The van der Waals surface area contributed by atoms with Gasteiger partial charge in [-0.2, -0.15) is 0 Å². The third-order valence-corrected chi connectivity index (χ3v) is 4.35. The van der Waals surface area contributed by atoms with Gasteiger partial charge in [0, 0.05) is 12.0 Å². The van der Waals surface area contributed by atoms with Gasteiger partial charge < -0.3 is 9.47 Å². The number of carbonyl (C=O) groups excluding carboxylic acids is 1. The van der Waals surface area contributed by atoms with Crippen LogP contribution in [-0.4, -0.2) is 20.0 Å². The lowest BCUT2D eigenvalue weighted by atomic mass is 9.93. The van der Waals surface area contributed by atoms with Crippen LogP contribution in [0.4, 0.5) is 4.39 Å². The van der Waals surface area contributed by atoms with Gasteiger partial charge in [-0.05, 0) is 37.2 Å². The number of ether oxygens (including phenoxy) is 2. The first-order valence-corrected chi connectivity index (χ1v) is 6.59. The summed E-state index contributed by atoms with van der Waals surface area (Å²) in [5, 5.41) is 0. The molecule has 0 heterocycles. The summed E-state index contributed by atoms with van der Waals surface area (Å²) >= 11 is 0. The van der Waals surface area contributed by atoms with Gasteiger partial charge in [-0.3, -0.25) is 4.79 Å². The fraction of sp³-hybridized carbons (Fsp3) is 0.533. The maximum absolute atomic E-state index is 14.0. The molecule has 0 saturated heterocycles. The Morgan fingerprint density at radius 2 is 1.68 bits per heavy atom. The van der Waals surface area contributed by atoms with Crippen molar-refractivity contribution in [3.63, 3.8) is 0 Å². The molecular weight excluding hydrogens is 247 g/mol. The largest absolute Gasteiger partial charge is 0.493 e. The van der Waals surface area contributed by atoms with E-state index in [4.69, 9.17) is 9.47 Å². The van der Waals surface area contributed by atoms with Gasteiger partial charge in [-0.25, -0.2) is 4.39 Å². The van der Waals surface area contributed by atoms with Gasteiger partial charge in [0.1, 0.15) is 5.82 Å².